The molecular weight excluding hydrogens is 537 g/mol. The van der Waals surface area contributed by atoms with Gasteiger partial charge in [-0.25, -0.2) is 18.9 Å². The predicted octanol–water partition coefficient (Wildman–Crippen LogP) is 3.99. The van der Waals surface area contributed by atoms with E-state index in [0.29, 0.717) is 28.7 Å². The molecule has 0 spiro atoms. The molecule has 1 aliphatic heterocycles. The summed E-state index contributed by atoms with van der Waals surface area (Å²) >= 11 is 0. The van der Waals surface area contributed by atoms with Gasteiger partial charge in [0.1, 0.15) is 24.2 Å². The molecule has 42 heavy (non-hydrogen) atoms. The average Bonchev–Trinajstić information content (AvgIpc) is 3.62. The molecule has 4 aromatic heterocycles. The van der Waals surface area contributed by atoms with Crippen LogP contribution in [0.1, 0.15) is 49.7 Å². The first kappa shape index (κ1) is 27.6. The molecular formula is C31H32FN7O3. The van der Waals surface area contributed by atoms with Crippen LogP contribution in [-0.2, 0) is 0 Å². The molecule has 216 valence electrons. The predicted molar refractivity (Wildman–Crippen MR) is 153 cm³/mol. The van der Waals surface area contributed by atoms with E-state index in [1.165, 1.54) is 24.5 Å². The van der Waals surface area contributed by atoms with E-state index in [2.05, 4.69) is 26.4 Å². The smallest absolute Gasteiger partial charge is 0.273 e. The minimum atomic E-state index is -1.01. The van der Waals surface area contributed by atoms with Gasteiger partial charge in [-0.3, -0.25) is 4.79 Å². The van der Waals surface area contributed by atoms with E-state index in [4.69, 9.17) is 9.72 Å². The van der Waals surface area contributed by atoms with Crippen LogP contribution in [0, 0.1) is 29.0 Å². The van der Waals surface area contributed by atoms with Crippen molar-refractivity contribution < 1.29 is 19.0 Å². The Morgan fingerprint density at radius 3 is 2.64 bits per heavy atom. The van der Waals surface area contributed by atoms with Gasteiger partial charge in [0, 0.05) is 42.1 Å². The number of pyridine rings is 3. The number of carbonyl (C=O) groups is 1. The number of carbonyl (C=O) groups excluding carboxylic acids is 1. The third-order valence-electron chi connectivity index (χ3n) is 8.07. The van der Waals surface area contributed by atoms with E-state index in [1.807, 2.05) is 25.1 Å². The molecule has 1 saturated carbocycles. The van der Waals surface area contributed by atoms with Crippen LogP contribution in [0.5, 0.6) is 5.75 Å². The second-order valence-corrected chi connectivity index (χ2v) is 12.2. The standard InChI is InChI=1S/C31H32FN7O3/c1-30(2,41)18-42-23-9-24(28-22(12-33)14-36-39(28)17-23)19-6-7-26(35-13-19)38-15-20-10-31(3,11-21(20)16-38)37-29(40)27-25(32)5-4-8-34-27/h4-9,13-14,17,20-21,41H,10-11,15-16,18H2,1-3H3,(H,37,40)/t20-,21+,31+. The van der Waals surface area contributed by atoms with Crippen molar-refractivity contribution in [2.45, 2.75) is 44.8 Å². The maximum atomic E-state index is 14.1. The van der Waals surface area contributed by atoms with Crippen molar-refractivity contribution in [3.63, 3.8) is 0 Å². The molecule has 0 aromatic carbocycles. The second kappa shape index (κ2) is 10.4. The first-order valence-electron chi connectivity index (χ1n) is 13.9. The van der Waals surface area contributed by atoms with Gasteiger partial charge in [-0.15, -0.1) is 0 Å². The Labute approximate surface area is 242 Å². The average molecular weight is 570 g/mol. The summed E-state index contributed by atoms with van der Waals surface area (Å²) in [4.78, 5) is 23.7. The monoisotopic (exact) mass is 569 g/mol. The Hall–Kier alpha value is -4.56. The molecule has 5 heterocycles. The van der Waals surface area contributed by atoms with Gasteiger partial charge in [0.15, 0.2) is 11.5 Å². The summed E-state index contributed by atoms with van der Waals surface area (Å²) < 4.78 is 21.5. The zero-order valence-electron chi connectivity index (χ0n) is 23.7. The number of amides is 1. The molecule has 1 amide bonds. The number of anilines is 1. The number of rotatable bonds is 7. The van der Waals surface area contributed by atoms with E-state index < -0.39 is 22.9 Å². The van der Waals surface area contributed by atoms with Crippen LogP contribution in [0.25, 0.3) is 16.6 Å². The van der Waals surface area contributed by atoms with Crippen molar-refractivity contribution in [1.82, 2.24) is 24.9 Å². The number of nitrogens with one attached hydrogen (secondary N) is 1. The molecule has 1 aliphatic carbocycles. The van der Waals surface area contributed by atoms with Crippen molar-refractivity contribution in [1.29, 1.82) is 5.26 Å². The maximum Gasteiger partial charge on any atom is 0.273 e. The molecule has 0 bridgehead atoms. The van der Waals surface area contributed by atoms with Crippen molar-refractivity contribution in [2.24, 2.45) is 11.8 Å². The maximum absolute atomic E-state index is 14.1. The topological polar surface area (TPSA) is 129 Å². The van der Waals surface area contributed by atoms with E-state index in [1.54, 1.807) is 30.8 Å². The fourth-order valence-corrected chi connectivity index (χ4v) is 6.29. The van der Waals surface area contributed by atoms with Crippen LogP contribution in [-0.4, -0.2) is 61.4 Å². The number of ether oxygens (including phenoxy) is 1. The van der Waals surface area contributed by atoms with E-state index in [9.17, 15) is 19.6 Å². The van der Waals surface area contributed by atoms with Crippen LogP contribution in [0.4, 0.5) is 10.2 Å². The lowest BCUT2D eigenvalue weighted by atomic mass is 9.97. The van der Waals surface area contributed by atoms with Crippen LogP contribution in [0.3, 0.4) is 0 Å². The molecule has 2 fully saturated rings. The van der Waals surface area contributed by atoms with Crippen LogP contribution < -0.4 is 15.0 Å². The Bertz CT molecular complexity index is 1680. The molecule has 1 saturated heterocycles. The molecule has 6 rings (SSSR count). The number of nitriles is 1. The van der Waals surface area contributed by atoms with E-state index in [0.717, 1.165) is 42.9 Å². The molecule has 0 radical (unpaired) electrons. The minimum absolute atomic E-state index is 0.0988. The van der Waals surface area contributed by atoms with Gasteiger partial charge in [0.25, 0.3) is 5.91 Å². The molecule has 10 nitrogen and oxygen atoms in total. The zero-order chi connectivity index (χ0) is 29.6. The van der Waals surface area contributed by atoms with Crippen molar-refractivity contribution >= 4 is 17.2 Å². The molecule has 0 unspecified atom stereocenters. The second-order valence-electron chi connectivity index (χ2n) is 12.2. The summed E-state index contributed by atoms with van der Waals surface area (Å²) in [5.41, 5.74) is 1.06. The number of aliphatic hydroxyl groups is 1. The summed E-state index contributed by atoms with van der Waals surface area (Å²) in [6, 6.07) is 10.7. The fraction of sp³-hybridized carbons (Fsp3) is 0.387. The molecule has 11 heteroatoms. The summed E-state index contributed by atoms with van der Waals surface area (Å²) in [7, 11) is 0. The van der Waals surface area contributed by atoms with Crippen molar-refractivity contribution in [2.75, 3.05) is 24.6 Å². The molecule has 2 aliphatic rings. The first-order valence-corrected chi connectivity index (χ1v) is 13.9. The number of aromatic nitrogens is 4. The summed E-state index contributed by atoms with van der Waals surface area (Å²) in [5, 5.41) is 27.1. The highest BCUT2D eigenvalue weighted by Gasteiger charge is 2.48. The van der Waals surface area contributed by atoms with Gasteiger partial charge < -0.3 is 20.1 Å². The SMILES string of the molecule is CC(C)(O)COc1cc(-c2ccc(N3C[C@@H]4C[C@@](C)(NC(=O)c5ncccc5F)C[C@@H]4C3)nc2)c2c(C#N)cnn2c1. The Morgan fingerprint density at radius 1 is 1.24 bits per heavy atom. The van der Waals surface area contributed by atoms with Gasteiger partial charge >= 0.3 is 0 Å². The molecule has 4 aromatic rings. The highest BCUT2D eigenvalue weighted by atomic mass is 19.1. The van der Waals surface area contributed by atoms with Gasteiger partial charge in [-0.1, -0.05) is 0 Å². The molecule has 2 N–H and O–H groups in total. The normalized spacial score (nSPS) is 21.8. The first-order chi connectivity index (χ1) is 20.0. The number of fused-ring (bicyclic) bond motifs is 2. The van der Waals surface area contributed by atoms with Crippen LogP contribution in [0.15, 0.2) is 55.1 Å². The zero-order valence-corrected chi connectivity index (χ0v) is 23.7. The highest BCUT2D eigenvalue weighted by Crippen LogP contribution is 2.45. The lowest BCUT2D eigenvalue weighted by molar-refractivity contribution is 0.0283. The fourth-order valence-electron chi connectivity index (χ4n) is 6.29. The summed E-state index contributed by atoms with van der Waals surface area (Å²) in [6.07, 6.45) is 8.01. The van der Waals surface area contributed by atoms with Gasteiger partial charge in [0.05, 0.1) is 29.1 Å². The largest absolute Gasteiger partial charge is 0.489 e. The Kier molecular flexibility index (Phi) is 6.81. The van der Waals surface area contributed by atoms with Crippen molar-refractivity contribution in [3.05, 3.63) is 72.2 Å². The summed E-state index contributed by atoms with van der Waals surface area (Å²) in [6.45, 7) is 7.08. The third kappa shape index (κ3) is 5.37. The van der Waals surface area contributed by atoms with Crippen molar-refractivity contribution in [3.8, 4) is 22.9 Å². The lowest BCUT2D eigenvalue weighted by Gasteiger charge is -2.28. The van der Waals surface area contributed by atoms with E-state index >= 15 is 0 Å². The number of halogens is 1. The number of hydrogen-bond acceptors (Lipinski definition) is 8. The lowest BCUT2D eigenvalue weighted by Crippen LogP contribution is -2.45. The Morgan fingerprint density at radius 2 is 2.00 bits per heavy atom. The third-order valence-corrected chi connectivity index (χ3v) is 8.07. The summed E-state index contributed by atoms with van der Waals surface area (Å²) in [5.74, 6) is 1.02. The highest BCUT2D eigenvalue weighted by molar-refractivity contribution is 5.93. The van der Waals surface area contributed by atoms with Gasteiger partial charge in [-0.2, -0.15) is 10.4 Å². The van der Waals surface area contributed by atoms with Crippen LogP contribution in [0.2, 0.25) is 0 Å². The van der Waals surface area contributed by atoms with E-state index in [-0.39, 0.29) is 12.3 Å². The molecule has 3 atom stereocenters. The number of hydrogen-bond donors (Lipinski definition) is 2. The number of nitrogens with zero attached hydrogens (tertiary/aromatic N) is 6. The minimum Gasteiger partial charge on any atom is -0.489 e. The quantitative estimate of drug-likeness (QED) is 0.342. The Balaban J connectivity index is 1.17. The van der Waals surface area contributed by atoms with Gasteiger partial charge in [-0.05, 0) is 75.8 Å². The van der Waals surface area contributed by atoms with Crippen LogP contribution >= 0.6 is 0 Å². The van der Waals surface area contributed by atoms with Gasteiger partial charge in [0.2, 0.25) is 0 Å².